The number of nitrogens with two attached hydrogens (primary N) is 1. The third-order valence-corrected chi connectivity index (χ3v) is 6.53. The highest BCUT2D eigenvalue weighted by Crippen LogP contribution is 2.31. The van der Waals surface area contributed by atoms with Crippen molar-refractivity contribution >= 4 is 22.6 Å². The number of nitrogens with one attached hydrogen (secondary N) is 2. The summed E-state index contributed by atoms with van der Waals surface area (Å²) in [6.45, 7) is 2.00. The first-order chi connectivity index (χ1) is 14.7. The first-order valence-electron chi connectivity index (χ1n) is 10.7. The second-order valence-corrected chi connectivity index (χ2v) is 8.32. The van der Waals surface area contributed by atoms with Crippen molar-refractivity contribution in [3.05, 3.63) is 60.4 Å². The average Bonchev–Trinajstić information content (AvgIpc) is 3.41. The van der Waals surface area contributed by atoms with Gasteiger partial charge < -0.3 is 15.2 Å². The van der Waals surface area contributed by atoms with E-state index < -0.39 is 0 Å². The van der Waals surface area contributed by atoms with Crippen molar-refractivity contribution in [2.75, 3.05) is 18.8 Å². The Morgan fingerprint density at radius 2 is 2.10 bits per heavy atom. The van der Waals surface area contributed by atoms with E-state index >= 15 is 0 Å². The lowest BCUT2D eigenvalue weighted by Gasteiger charge is -2.41. The molecule has 5 rings (SSSR count). The van der Waals surface area contributed by atoms with Gasteiger partial charge in [-0.15, -0.1) is 0 Å². The number of aromatic nitrogens is 2. The second kappa shape index (κ2) is 8.08. The highest BCUT2D eigenvalue weighted by Gasteiger charge is 2.40. The van der Waals surface area contributed by atoms with Crippen molar-refractivity contribution in [3.63, 3.8) is 0 Å². The molecular weight excluding hydrogens is 376 g/mol. The van der Waals surface area contributed by atoms with E-state index in [0.29, 0.717) is 12.4 Å². The molecule has 1 aromatic carbocycles. The van der Waals surface area contributed by atoms with E-state index in [1.165, 1.54) is 5.56 Å². The number of benzene rings is 1. The highest BCUT2D eigenvalue weighted by molar-refractivity contribution is 5.83. The van der Waals surface area contributed by atoms with E-state index in [9.17, 15) is 4.79 Å². The largest absolute Gasteiger partial charge is 0.384 e. The van der Waals surface area contributed by atoms with Crippen LogP contribution in [-0.2, 0) is 11.3 Å². The van der Waals surface area contributed by atoms with E-state index in [1.54, 1.807) is 6.20 Å². The van der Waals surface area contributed by atoms with Crippen LogP contribution in [0.25, 0.3) is 10.9 Å². The molecule has 7 heteroatoms. The third kappa shape index (κ3) is 3.55. The van der Waals surface area contributed by atoms with Gasteiger partial charge in [-0.2, -0.15) is 0 Å². The molecule has 0 aliphatic carbocycles. The molecule has 3 unspecified atom stereocenters. The predicted molar refractivity (Wildman–Crippen MR) is 118 cm³/mol. The van der Waals surface area contributed by atoms with Gasteiger partial charge >= 0.3 is 0 Å². The molecule has 30 heavy (non-hydrogen) atoms. The number of likely N-dealkylation sites (tertiary alicyclic amines) is 1. The van der Waals surface area contributed by atoms with Crippen molar-refractivity contribution in [1.82, 2.24) is 25.3 Å². The molecule has 2 aliphatic rings. The van der Waals surface area contributed by atoms with Gasteiger partial charge in [0.1, 0.15) is 12.4 Å². The van der Waals surface area contributed by atoms with E-state index in [4.69, 9.17) is 5.73 Å². The molecule has 7 nitrogen and oxygen atoms in total. The monoisotopic (exact) mass is 404 g/mol. The van der Waals surface area contributed by atoms with Crippen LogP contribution in [0.3, 0.4) is 0 Å². The Labute approximate surface area is 176 Å². The number of carbonyl (C=O) groups excluding carboxylic acids is 1. The molecular formula is C23H28N6O. The number of para-hydroxylation sites is 1. The van der Waals surface area contributed by atoms with Gasteiger partial charge in [0.15, 0.2) is 0 Å². The minimum atomic E-state index is 0.150. The zero-order chi connectivity index (χ0) is 20.5. The fraction of sp³-hybridized carbons (Fsp3) is 0.391. The zero-order valence-electron chi connectivity index (χ0n) is 17.0. The third-order valence-electron chi connectivity index (χ3n) is 6.53. The van der Waals surface area contributed by atoms with Crippen LogP contribution in [0.1, 0.15) is 30.7 Å². The number of fused-ring (bicyclic) bond motifs is 1. The van der Waals surface area contributed by atoms with Crippen LogP contribution < -0.4 is 16.6 Å². The van der Waals surface area contributed by atoms with Crippen LogP contribution in [0, 0.1) is 0 Å². The molecule has 3 atom stereocenters. The average molecular weight is 405 g/mol. The van der Waals surface area contributed by atoms with Gasteiger partial charge in [-0.3, -0.25) is 15.6 Å². The summed E-state index contributed by atoms with van der Waals surface area (Å²) < 4.78 is 2.06. The van der Waals surface area contributed by atoms with Gasteiger partial charge in [-0.25, -0.2) is 4.98 Å². The van der Waals surface area contributed by atoms with E-state index in [0.717, 1.165) is 43.3 Å². The minimum absolute atomic E-state index is 0.150. The van der Waals surface area contributed by atoms with Crippen LogP contribution in [0.5, 0.6) is 0 Å². The lowest BCUT2D eigenvalue weighted by Crippen LogP contribution is -2.55. The molecule has 1 amide bonds. The molecule has 4 N–H and O–H groups in total. The summed E-state index contributed by atoms with van der Waals surface area (Å²) in [5.74, 6) is 0.970. The predicted octanol–water partition coefficient (Wildman–Crippen LogP) is 2.26. The normalized spacial score (nSPS) is 24.4. The van der Waals surface area contributed by atoms with Crippen LogP contribution in [-0.4, -0.2) is 45.5 Å². The standard InChI is InChI=1S/C23H28N6O/c24-21-13-17(8-10-25-21)18-14-26-27-23(18)20-7-3-4-11-29(20)22(30)15-28-12-9-16-5-1-2-6-19(16)28/h1-2,5-6,8-10,12-13,18,20,23,26-27H,3-4,7,11,14-15H2,(H2,24,25). The lowest BCUT2D eigenvalue weighted by atomic mass is 9.84. The summed E-state index contributed by atoms with van der Waals surface area (Å²) in [5, 5.41) is 1.16. The summed E-state index contributed by atoms with van der Waals surface area (Å²) >= 11 is 0. The molecule has 2 aromatic heterocycles. The quantitative estimate of drug-likeness (QED) is 0.621. The van der Waals surface area contributed by atoms with E-state index in [2.05, 4.69) is 43.5 Å². The Morgan fingerprint density at radius 3 is 3.00 bits per heavy atom. The number of hydrogen-bond donors (Lipinski definition) is 3. The maximum Gasteiger partial charge on any atom is 0.242 e. The van der Waals surface area contributed by atoms with Gasteiger partial charge in [-0.05, 0) is 54.5 Å². The molecule has 0 bridgehead atoms. The smallest absolute Gasteiger partial charge is 0.242 e. The maximum atomic E-state index is 13.4. The molecule has 2 fully saturated rings. The van der Waals surface area contributed by atoms with Crippen molar-refractivity contribution in [2.24, 2.45) is 0 Å². The lowest BCUT2D eigenvalue weighted by molar-refractivity contribution is -0.136. The number of amides is 1. The second-order valence-electron chi connectivity index (χ2n) is 8.32. The summed E-state index contributed by atoms with van der Waals surface area (Å²) in [6.07, 6.45) is 6.99. The number of hydrogen-bond acceptors (Lipinski definition) is 5. The number of pyridine rings is 1. The molecule has 2 aliphatic heterocycles. The maximum absolute atomic E-state index is 13.4. The molecule has 156 valence electrons. The molecule has 4 heterocycles. The van der Waals surface area contributed by atoms with Gasteiger partial charge in [0, 0.05) is 49.0 Å². The van der Waals surface area contributed by atoms with Crippen molar-refractivity contribution in [2.45, 2.75) is 43.8 Å². The summed E-state index contributed by atoms with van der Waals surface area (Å²) in [7, 11) is 0. The number of hydrazine groups is 1. The van der Waals surface area contributed by atoms with Gasteiger partial charge in [0.05, 0.1) is 0 Å². The van der Waals surface area contributed by atoms with Crippen LogP contribution in [0.15, 0.2) is 54.9 Å². The van der Waals surface area contributed by atoms with Crippen molar-refractivity contribution in [1.29, 1.82) is 0 Å². The molecule has 0 saturated carbocycles. The molecule has 0 radical (unpaired) electrons. The van der Waals surface area contributed by atoms with Crippen LogP contribution in [0.2, 0.25) is 0 Å². The molecule has 0 spiro atoms. The number of carbonyl (C=O) groups is 1. The number of nitrogens with zero attached hydrogens (tertiary/aromatic N) is 3. The van der Waals surface area contributed by atoms with Gasteiger partial charge in [0.2, 0.25) is 5.91 Å². The van der Waals surface area contributed by atoms with Gasteiger partial charge in [-0.1, -0.05) is 18.2 Å². The van der Waals surface area contributed by atoms with Crippen LogP contribution in [0.4, 0.5) is 5.82 Å². The molecule has 3 aromatic rings. The Kier molecular flexibility index (Phi) is 5.14. The Balaban J connectivity index is 1.38. The first kappa shape index (κ1) is 19.1. The Hall–Kier alpha value is -2.90. The molecule has 2 saturated heterocycles. The minimum Gasteiger partial charge on any atom is -0.384 e. The van der Waals surface area contributed by atoms with E-state index in [1.807, 2.05) is 30.5 Å². The SMILES string of the molecule is Nc1cc(C2CNNC2C2CCCCN2C(=O)Cn2ccc3ccccc32)ccn1. The summed E-state index contributed by atoms with van der Waals surface area (Å²) in [4.78, 5) is 19.6. The van der Waals surface area contributed by atoms with Crippen LogP contribution >= 0.6 is 0 Å². The summed E-state index contributed by atoms with van der Waals surface area (Å²) in [5.41, 5.74) is 15.0. The Morgan fingerprint density at radius 1 is 1.20 bits per heavy atom. The summed E-state index contributed by atoms with van der Waals surface area (Å²) in [6, 6.07) is 14.6. The number of rotatable bonds is 4. The number of piperidine rings is 1. The van der Waals surface area contributed by atoms with E-state index in [-0.39, 0.29) is 23.9 Å². The van der Waals surface area contributed by atoms with Gasteiger partial charge in [0.25, 0.3) is 0 Å². The Bertz CT molecular complexity index is 1050. The fourth-order valence-corrected chi connectivity index (χ4v) is 5.06. The van der Waals surface area contributed by atoms with Crippen molar-refractivity contribution in [3.8, 4) is 0 Å². The zero-order valence-corrected chi connectivity index (χ0v) is 17.0. The number of anilines is 1. The fourth-order valence-electron chi connectivity index (χ4n) is 5.06. The topological polar surface area (TPSA) is 88.2 Å². The highest BCUT2D eigenvalue weighted by atomic mass is 16.2. The van der Waals surface area contributed by atoms with Crippen molar-refractivity contribution < 1.29 is 4.79 Å². The first-order valence-corrected chi connectivity index (χ1v) is 10.7. The number of nitrogen functional groups attached to an aromatic ring is 1.